The summed E-state index contributed by atoms with van der Waals surface area (Å²) < 4.78 is 13.4. The van der Waals surface area contributed by atoms with E-state index >= 15 is 0 Å². The van der Waals surface area contributed by atoms with Gasteiger partial charge in [0, 0.05) is 11.5 Å². The van der Waals surface area contributed by atoms with Crippen molar-refractivity contribution in [2.75, 3.05) is 0 Å². The van der Waals surface area contributed by atoms with Gasteiger partial charge in [0.25, 0.3) is 5.89 Å². The first kappa shape index (κ1) is 15.0. The molecule has 9 heteroatoms. The predicted molar refractivity (Wildman–Crippen MR) is 82.5 cm³/mol. The zero-order valence-corrected chi connectivity index (χ0v) is 14.0. The zero-order valence-electron chi connectivity index (χ0n) is 11.7. The van der Waals surface area contributed by atoms with E-state index in [2.05, 4.69) is 36.4 Å². The van der Waals surface area contributed by atoms with E-state index in [0.717, 1.165) is 4.47 Å². The van der Waals surface area contributed by atoms with Gasteiger partial charge < -0.3 is 9.26 Å². The summed E-state index contributed by atoms with van der Waals surface area (Å²) in [6, 6.07) is 5.37. The van der Waals surface area contributed by atoms with Crippen molar-refractivity contribution >= 4 is 27.5 Å². The van der Waals surface area contributed by atoms with E-state index in [9.17, 15) is 0 Å². The maximum Gasteiger partial charge on any atom is 0.280 e. The van der Waals surface area contributed by atoms with E-state index in [4.69, 9.17) is 20.9 Å². The average molecular weight is 385 g/mol. The summed E-state index contributed by atoms with van der Waals surface area (Å²) in [5, 5.41) is 12.1. The van der Waals surface area contributed by atoms with Gasteiger partial charge in [-0.05, 0) is 25.1 Å². The number of aryl methyl sites for hydroxylation is 1. The van der Waals surface area contributed by atoms with Crippen molar-refractivity contribution < 1.29 is 9.26 Å². The van der Waals surface area contributed by atoms with Crippen LogP contribution in [0.3, 0.4) is 0 Å². The van der Waals surface area contributed by atoms with Crippen LogP contribution in [-0.4, -0.2) is 25.1 Å². The summed E-state index contributed by atoms with van der Waals surface area (Å²) in [4.78, 5) is 4.27. The predicted octanol–water partition coefficient (Wildman–Crippen LogP) is 3.42. The molecule has 3 aromatic rings. The summed E-state index contributed by atoms with van der Waals surface area (Å²) in [6.45, 7) is 1.81. The Balaban J connectivity index is 1.78. The minimum atomic E-state index is -0.423. The van der Waals surface area contributed by atoms with E-state index in [0.29, 0.717) is 28.2 Å². The molecule has 0 spiro atoms. The van der Waals surface area contributed by atoms with Crippen molar-refractivity contribution in [3.8, 4) is 17.3 Å². The lowest BCUT2D eigenvalue weighted by Crippen LogP contribution is -2.05. The summed E-state index contributed by atoms with van der Waals surface area (Å²) >= 11 is 9.47. The molecular formula is C13H11BrClN5O2. The average Bonchev–Trinajstić information content (AvgIpc) is 3.10. The van der Waals surface area contributed by atoms with E-state index < -0.39 is 6.10 Å². The molecule has 0 radical (unpaired) electrons. The summed E-state index contributed by atoms with van der Waals surface area (Å²) in [6.07, 6.45) is 1.27. The number of hydrogen-bond donors (Lipinski definition) is 0. The minimum absolute atomic E-state index is 0.292. The molecule has 3 rings (SSSR count). The lowest BCUT2D eigenvalue weighted by Gasteiger charge is -2.12. The number of aromatic nitrogens is 5. The summed E-state index contributed by atoms with van der Waals surface area (Å²) in [5.41, 5.74) is 0.509. The lowest BCUT2D eigenvalue weighted by atomic mass is 10.3. The Morgan fingerprint density at radius 1 is 1.41 bits per heavy atom. The molecule has 0 amide bonds. The second kappa shape index (κ2) is 6.05. The van der Waals surface area contributed by atoms with Crippen molar-refractivity contribution in [2.24, 2.45) is 7.05 Å². The van der Waals surface area contributed by atoms with Crippen molar-refractivity contribution in [3.05, 3.63) is 39.7 Å². The van der Waals surface area contributed by atoms with Crippen molar-refractivity contribution in [3.63, 3.8) is 0 Å². The fourth-order valence-corrected chi connectivity index (χ4v) is 2.48. The Hall–Kier alpha value is -1.93. The number of benzene rings is 1. The normalized spacial score (nSPS) is 12.4. The van der Waals surface area contributed by atoms with Gasteiger partial charge in [0.1, 0.15) is 5.75 Å². The zero-order chi connectivity index (χ0) is 15.7. The van der Waals surface area contributed by atoms with Gasteiger partial charge in [0.05, 0.1) is 11.2 Å². The Kier molecular flexibility index (Phi) is 4.12. The van der Waals surface area contributed by atoms with E-state index in [1.54, 1.807) is 30.1 Å². The molecule has 2 aromatic heterocycles. The third-order valence-electron chi connectivity index (χ3n) is 2.82. The molecular weight excluding hydrogens is 374 g/mol. The number of hydrogen-bond acceptors (Lipinski definition) is 6. The third kappa shape index (κ3) is 3.12. The van der Waals surface area contributed by atoms with Crippen LogP contribution >= 0.6 is 27.5 Å². The van der Waals surface area contributed by atoms with Gasteiger partial charge in [0.15, 0.2) is 11.8 Å². The van der Waals surface area contributed by atoms with E-state index in [1.807, 2.05) is 13.0 Å². The maximum absolute atomic E-state index is 6.12. The molecule has 0 aliphatic carbocycles. The van der Waals surface area contributed by atoms with Crippen LogP contribution in [0.15, 0.2) is 33.4 Å². The van der Waals surface area contributed by atoms with Gasteiger partial charge in [-0.1, -0.05) is 37.9 Å². The Morgan fingerprint density at radius 2 is 2.23 bits per heavy atom. The molecule has 0 aliphatic heterocycles. The Labute approximate surface area is 139 Å². The first-order chi connectivity index (χ1) is 10.5. The molecule has 0 fully saturated rings. The first-order valence-corrected chi connectivity index (χ1v) is 7.52. The fourth-order valence-electron chi connectivity index (χ4n) is 1.76. The quantitative estimate of drug-likeness (QED) is 0.686. The van der Waals surface area contributed by atoms with Gasteiger partial charge >= 0.3 is 0 Å². The largest absolute Gasteiger partial charge is 0.481 e. The molecule has 2 heterocycles. The van der Waals surface area contributed by atoms with E-state index in [1.165, 1.54) is 0 Å². The standard InChI is InChI=1S/C13H11BrClN5O2/c1-7(21-11-4-3-8(14)5-9(11)15)12-16-13(22-18-12)10-6-20(2)19-17-10/h3-7H,1-2H3. The topological polar surface area (TPSA) is 78.9 Å². The molecule has 0 N–H and O–H groups in total. The molecule has 1 atom stereocenters. The van der Waals surface area contributed by atoms with Gasteiger partial charge in [-0.3, -0.25) is 4.68 Å². The highest BCUT2D eigenvalue weighted by Crippen LogP contribution is 2.31. The van der Waals surface area contributed by atoms with Crippen LogP contribution in [0.5, 0.6) is 5.75 Å². The highest BCUT2D eigenvalue weighted by atomic mass is 79.9. The molecule has 0 bridgehead atoms. The van der Waals surface area contributed by atoms with Crippen molar-refractivity contribution in [1.82, 2.24) is 25.1 Å². The van der Waals surface area contributed by atoms with Crippen LogP contribution in [0.1, 0.15) is 18.9 Å². The van der Waals surface area contributed by atoms with Crippen LogP contribution in [0, 0.1) is 0 Å². The molecule has 22 heavy (non-hydrogen) atoms. The molecule has 1 unspecified atom stereocenters. The number of rotatable bonds is 4. The smallest absolute Gasteiger partial charge is 0.280 e. The van der Waals surface area contributed by atoms with Crippen LogP contribution in [0.25, 0.3) is 11.6 Å². The second-order valence-corrected chi connectivity index (χ2v) is 5.89. The van der Waals surface area contributed by atoms with Gasteiger partial charge in [0.2, 0.25) is 5.82 Å². The molecule has 7 nitrogen and oxygen atoms in total. The minimum Gasteiger partial charge on any atom is -0.481 e. The SMILES string of the molecule is CC(Oc1ccc(Br)cc1Cl)c1noc(-c2cn(C)nn2)n1. The number of ether oxygens (including phenoxy) is 1. The van der Waals surface area contributed by atoms with Gasteiger partial charge in [-0.15, -0.1) is 5.10 Å². The van der Waals surface area contributed by atoms with Crippen molar-refractivity contribution in [1.29, 1.82) is 0 Å². The Bertz CT molecular complexity index is 803. The van der Waals surface area contributed by atoms with Gasteiger partial charge in [-0.2, -0.15) is 4.98 Å². The third-order valence-corrected chi connectivity index (χ3v) is 3.61. The number of nitrogens with zero attached hydrogens (tertiary/aromatic N) is 5. The molecule has 0 aliphatic rings. The van der Waals surface area contributed by atoms with Gasteiger partial charge in [-0.25, -0.2) is 0 Å². The maximum atomic E-state index is 6.12. The molecule has 1 aromatic carbocycles. The van der Waals surface area contributed by atoms with Crippen LogP contribution in [0.2, 0.25) is 5.02 Å². The van der Waals surface area contributed by atoms with E-state index in [-0.39, 0.29) is 0 Å². The highest BCUT2D eigenvalue weighted by molar-refractivity contribution is 9.10. The Morgan fingerprint density at radius 3 is 2.91 bits per heavy atom. The lowest BCUT2D eigenvalue weighted by molar-refractivity contribution is 0.211. The van der Waals surface area contributed by atoms with Crippen molar-refractivity contribution in [2.45, 2.75) is 13.0 Å². The second-order valence-electron chi connectivity index (χ2n) is 4.57. The first-order valence-electron chi connectivity index (χ1n) is 6.35. The molecule has 0 saturated heterocycles. The van der Waals surface area contributed by atoms with Crippen LogP contribution in [0.4, 0.5) is 0 Å². The van der Waals surface area contributed by atoms with Crippen LogP contribution < -0.4 is 4.74 Å². The summed E-state index contributed by atoms with van der Waals surface area (Å²) in [7, 11) is 1.76. The van der Waals surface area contributed by atoms with Crippen LogP contribution in [-0.2, 0) is 7.05 Å². The fraction of sp³-hybridized carbons (Fsp3) is 0.231. The summed E-state index contributed by atoms with van der Waals surface area (Å²) in [5.74, 6) is 1.24. The molecule has 114 valence electrons. The number of halogens is 2. The molecule has 0 saturated carbocycles. The monoisotopic (exact) mass is 383 g/mol. The highest BCUT2D eigenvalue weighted by Gasteiger charge is 2.19.